The Kier molecular flexibility index (Phi) is 5.13. The third kappa shape index (κ3) is 3.38. The van der Waals surface area contributed by atoms with Gasteiger partial charge in [-0.05, 0) is 25.2 Å². The second kappa shape index (κ2) is 5.90. The van der Waals surface area contributed by atoms with E-state index in [-0.39, 0.29) is 6.10 Å². The van der Waals surface area contributed by atoms with Crippen molar-refractivity contribution < 1.29 is 9.63 Å². The van der Waals surface area contributed by atoms with Gasteiger partial charge in [-0.3, -0.25) is 0 Å². The zero-order valence-corrected chi connectivity index (χ0v) is 8.69. The van der Waals surface area contributed by atoms with Gasteiger partial charge in [0.2, 0.25) is 0 Å². The smallest absolute Gasteiger partial charge is 0.0590 e. The largest absolute Gasteiger partial charge is 0.393 e. The Morgan fingerprint density at radius 1 is 1.33 bits per heavy atom. The van der Waals surface area contributed by atoms with Crippen molar-refractivity contribution in [2.24, 2.45) is 5.92 Å². The number of aliphatic hydroxyl groups is 1. The highest BCUT2D eigenvalue weighted by molar-refractivity contribution is 7.09. The first-order valence-corrected chi connectivity index (χ1v) is 5.31. The van der Waals surface area contributed by atoms with Crippen molar-refractivity contribution in [3.8, 4) is 0 Å². The Hall–Kier alpha value is 0.350. The summed E-state index contributed by atoms with van der Waals surface area (Å²) in [5.74, 6) is 0.541. The summed E-state index contributed by atoms with van der Waals surface area (Å²) in [5, 5.41) is 9.72. The second-order valence-electron chi connectivity index (χ2n) is 3.62. The molecule has 3 heteroatoms. The van der Waals surface area contributed by atoms with Crippen molar-refractivity contribution in [2.45, 2.75) is 44.6 Å². The number of hydrogen-bond acceptors (Lipinski definition) is 2. The molecule has 0 heterocycles. The van der Waals surface area contributed by atoms with Crippen LogP contribution < -0.4 is 0 Å². The molecule has 0 radical (unpaired) electrons. The minimum atomic E-state index is -0.133. The maximum atomic E-state index is 9.72. The summed E-state index contributed by atoms with van der Waals surface area (Å²) in [6, 6.07) is 0. The fourth-order valence-corrected chi connectivity index (χ4v) is 2.08. The average molecular weight is 190 g/mol. The summed E-state index contributed by atoms with van der Waals surface area (Å²) in [4.78, 5) is 0. The Morgan fingerprint density at radius 3 is 2.58 bits per heavy atom. The first-order valence-electron chi connectivity index (χ1n) is 4.84. The van der Waals surface area contributed by atoms with Crippen LogP contribution in [0.3, 0.4) is 0 Å². The SMILES string of the molecule is OC(CCOP)C1CCCCC1. The normalized spacial score (nSPS) is 22.5. The molecule has 0 saturated heterocycles. The van der Waals surface area contributed by atoms with Gasteiger partial charge in [-0.1, -0.05) is 19.3 Å². The van der Waals surface area contributed by atoms with Gasteiger partial charge < -0.3 is 9.63 Å². The number of hydrogen-bond donors (Lipinski definition) is 1. The third-order valence-electron chi connectivity index (χ3n) is 2.73. The minimum Gasteiger partial charge on any atom is -0.393 e. The molecule has 72 valence electrons. The predicted octanol–water partition coefficient (Wildman–Crippen LogP) is 2.12. The van der Waals surface area contributed by atoms with Crippen molar-refractivity contribution in [3.63, 3.8) is 0 Å². The van der Waals surface area contributed by atoms with E-state index < -0.39 is 0 Å². The van der Waals surface area contributed by atoms with Gasteiger partial charge in [0, 0.05) is 9.47 Å². The zero-order chi connectivity index (χ0) is 8.81. The van der Waals surface area contributed by atoms with Crippen LogP contribution in [0.15, 0.2) is 0 Å². The van der Waals surface area contributed by atoms with E-state index in [9.17, 15) is 5.11 Å². The molecule has 1 fully saturated rings. The van der Waals surface area contributed by atoms with Crippen molar-refractivity contribution in [2.75, 3.05) is 6.61 Å². The van der Waals surface area contributed by atoms with E-state index in [1.165, 1.54) is 32.1 Å². The van der Waals surface area contributed by atoms with Gasteiger partial charge in [-0.15, -0.1) is 0 Å². The standard InChI is InChI=1S/C9H19O2P/c10-9(6-7-11-12)8-4-2-1-3-5-8/h8-10H,1-7,12H2. The molecule has 0 aliphatic heterocycles. The van der Waals surface area contributed by atoms with E-state index in [1.807, 2.05) is 0 Å². The maximum absolute atomic E-state index is 9.72. The molecule has 1 rings (SSSR count). The highest BCUT2D eigenvalue weighted by Gasteiger charge is 2.20. The quantitative estimate of drug-likeness (QED) is 0.688. The second-order valence-corrected chi connectivity index (χ2v) is 3.96. The Bertz CT molecular complexity index is 113. The summed E-state index contributed by atoms with van der Waals surface area (Å²) in [7, 11) is 2.22. The first kappa shape index (κ1) is 10.4. The van der Waals surface area contributed by atoms with Crippen LogP contribution in [-0.2, 0) is 4.52 Å². The summed E-state index contributed by atoms with van der Waals surface area (Å²) in [5.41, 5.74) is 0. The highest BCUT2D eigenvalue weighted by atomic mass is 31.0. The molecular formula is C9H19O2P. The lowest BCUT2D eigenvalue weighted by molar-refractivity contribution is 0.0664. The Morgan fingerprint density at radius 2 is 2.00 bits per heavy atom. The maximum Gasteiger partial charge on any atom is 0.0590 e. The van der Waals surface area contributed by atoms with Gasteiger partial charge in [0.05, 0.1) is 12.7 Å². The molecule has 1 aliphatic carbocycles. The van der Waals surface area contributed by atoms with Crippen molar-refractivity contribution >= 4 is 9.47 Å². The fourth-order valence-electron chi connectivity index (χ4n) is 1.94. The van der Waals surface area contributed by atoms with Gasteiger partial charge in [0.15, 0.2) is 0 Å². The molecule has 0 amide bonds. The van der Waals surface area contributed by atoms with Crippen molar-refractivity contribution in [3.05, 3.63) is 0 Å². The van der Waals surface area contributed by atoms with Gasteiger partial charge in [0.25, 0.3) is 0 Å². The van der Waals surface area contributed by atoms with Crippen LogP contribution in [0.5, 0.6) is 0 Å². The average Bonchev–Trinajstić information content (AvgIpc) is 2.15. The summed E-state index contributed by atoms with van der Waals surface area (Å²) < 4.78 is 4.86. The van der Waals surface area contributed by atoms with E-state index in [4.69, 9.17) is 4.52 Å². The molecule has 0 aromatic rings. The van der Waals surface area contributed by atoms with Crippen LogP contribution in [-0.4, -0.2) is 17.8 Å². The zero-order valence-electron chi connectivity index (χ0n) is 7.54. The summed E-state index contributed by atoms with van der Waals surface area (Å²) >= 11 is 0. The van der Waals surface area contributed by atoms with E-state index >= 15 is 0 Å². The molecule has 2 atom stereocenters. The lowest BCUT2D eigenvalue weighted by Crippen LogP contribution is -2.23. The topological polar surface area (TPSA) is 29.5 Å². The molecule has 1 aliphatic rings. The molecule has 2 nitrogen and oxygen atoms in total. The minimum absolute atomic E-state index is 0.133. The Balaban J connectivity index is 2.15. The van der Waals surface area contributed by atoms with Crippen LogP contribution in [0.1, 0.15) is 38.5 Å². The van der Waals surface area contributed by atoms with E-state index in [1.54, 1.807) is 0 Å². The van der Waals surface area contributed by atoms with E-state index in [0.29, 0.717) is 12.5 Å². The summed E-state index contributed by atoms with van der Waals surface area (Å²) in [6.07, 6.45) is 7.01. The van der Waals surface area contributed by atoms with Gasteiger partial charge in [-0.2, -0.15) is 0 Å². The molecule has 0 bridgehead atoms. The van der Waals surface area contributed by atoms with Gasteiger partial charge in [-0.25, -0.2) is 0 Å². The van der Waals surface area contributed by atoms with Gasteiger partial charge >= 0.3 is 0 Å². The summed E-state index contributed by atoms with van der Waals surface area (Å²) in [6.45, 7) is 0.655. The molecule has 0 aromatic carbocycles. The van der Waals surface area contributed by atoms with Gasteiger partial charge in [0.1, 0.15) is 0 Å². The van der Waals surface area contributed by atoms with Crippen molar-refractivity contribution in [1.82, 2.24) is 0 Å². The predicted molar refractivity (Wildman–Crippen MR) is 52.9 cm³/mol. The van der Waals surface area contributed by atoms with Crippen LogP contribution in [0, 0.1) is 5.92 Å². The van der Waals surface area contributed by atoms with Crippen LogP contribution in [0.25, 0.3) is 0 Å². The molecule has 2 unspecified atom stereocenters. The molecule has 12 heavy (non-hydrogen) atoms. The molecule has 1 N–H and O–H groups in total. The molecule has 0 aromatic heterocycles. The number of aliphatic hydroxyl groups excluding tert-OH is 1. The van der Waals surface area contributed by atoms with Crippen LogP contribution in [0.2, 0.25) is 0 Å². The fraction of sp³-hybridized carbons (Fsp3) is 1.00. The highest BCUT2D eigenvalue weighted by Crippen LogP contribution is 2.27. The van der Waals surface area contributed by atoms with E-state index in [0.717, 1.165) is 6.42 Å². The Labute approximate surface area is 77.0 Å². The van der Waals surface area contributed by atoms with E-state index in [2.05, 4.69) is 9.47 Å². The molecular weight excluding hydrogens is 171 g/mol. The van der Waals surface area contributed by atoms with Crippen LogP contribution in [0.4, 0.5) is 0 Å². The molecule has 0 spiro atoms. The van der Waals surface area contributed by atoms with Crippen LogP contribution >= 0.6 is 9.47 Å². The first-order chi connectivity index (χ1) is 5.84. The lowest BCUT2D eigenvalue weighted by Gasteiger charge is -2.26. The van der Waals surface area contributed by atoms with Crippen molar-refractivity contribution in [1.29, 1.82) is 0 Å². The monoisotopic (exact) mass is 190 g/mol. The third-order valence-corrected chi connectivity index (χ3v) is 2.96. The molecule has 1 saturated carbocycles. The number of rotatable bonds is 4. The lowest BCUT2D eigenvalue weighted by atomic mass is 9.84.